The van der Waals surface area contributed by atoms with Gasteiger partial charge in [-0.1, -0.05) is 11.8 Å². The van der Waals surface area contributed by atoms with E-state index >= 15 is 0 Å². The molecule has 0 spiro atoms. The van der Waals surface area contributed by atoms with Crippen molar-refractivity contribution >= 4 is 33.3 Å². The highest BCUT2D eigenvalue weighted by molar-refractivity contribution is 8.26. The average molecular weight is 439 g/mol. The van der Waals surface area contributed by atoms with Crippen LogP contribution in [0.25, 0.3) is 5.65 Å². The van der Waals surface area contributed by atoms with Crippen molar-refractivity contribution in [3.63, 3.8) is 0 Å². The molecule has 0 amide bonds. The Bertz CT molecular complexity index is 1250. The number of fused-ring (bicyclic) bond motifs is 2. The van der Waals surface area contributed by atoms with Crippen LogP contribution in [0.2, 0.25) is 0 Å². The van der Waals surface area contributed by atoms with Crippen LogP contribution >= 0.6 is 11.8 Å². The highest BCUT2D eigenvalue weighted by Gasteiger charge is 2.64. The molecule has 3 heterocycles. The molecular weight excluding hydrogens is 418 g/mol. The van der Waals surface area contributed by atoms with Gasteiger partial charge in [0.25, 0.3) is 0 Å². The van der Waals surface area contributed by atoms with Crippen LogP contribution in [0.1, 0.15) is 36.8 Å². The number of benzene rings is 1. The first-order valence-corrected chi connectivity index (χ1v) is 11.2. The summed E-state index contributed by atoms with van der Waals surface area (Å²) in [6.45, 7) is 0.714. The van der Waals surface area contributed by atoms with Crippen molar-refractivity contribution in [2.24, 2.45) is 11.8 Å². The van der Waals surface area contributed by atoms with Crippen LogP contribution in [-0.2, 0) is 5.54 Å². The lowest BCUT2D eigenvalue weighted by Crippen LogP contribution is -2.34. The van der Waals surface area contributed by atoms with Crippen LogP contribution in [0.4, 0.5) is 14.6 Å². The molecule has 1 aliphatic heterocycles. The van der Waals surface area contributed by atoms with E-state index in [0.717, 1.165) is 43.5 Å². The maximum atomic E-state index is 14.7. The first-order chi connectivity index (χ1) is 15.0. The third-order valence-corrected chi connectivity index (χ3v) is 7.66. The van der Waals surface area contributed by atoms with Crippen LogP contribution in [0.5, 0.6) is 0 Å². The van der Waals surface area contributed by atoms with E-state index in [2.05, 4.69) is 10.00 Å². The summed E-state index contributed by atoms with van der Waals surface area (Å²) in [5.74, 6) is 0.409. The number of anilines is 1. The van der Waals surface area contributed by atoms with Gasteiger partial charge in [-0.15, -0.1) is 0 Å². The molecule has 1 saturated heterocycles. The Morgan fingerprint density at radius 3 is 2.77 bits per heavy atom. The topological polar surface area (TPSA) is 81.1 Å². The summed E-state index contributed by atoms with van der Waals surface area (Å²) in [7, 11) is 0. The second-order valence-corrected chi connectivity index (χ2v) is 9.62. The molecule has 158 valence electrons. The second kappa shape index (κ2) is 6.59. The molecule has 2 atom stereocenters. The zero-order valence-electron chi connectivity index (χ0n) is 16.6. The monoisotopic (exact) mass is 438 g/mol. The predicted molar refractivity (Wildman–Crippen MR) is 116 cm³/mol. The highest BCUT2D eigenvalue weighted by Crippen LogP contribution is 2.63. The van der Waals surface area contributed by atoms with Gasteiger partial charge in [-0.2, -0.15) is 5.10 Å². The standard InChI is InChI=1S/C22H20F2N6S/c23-14-3-4-17(24)16(9-14)22-10-13(22)5-7-29(22)18-6-8-30-21(28-18)15(11-27-30)20(26)31-19(25)12-1-2-12/h3-4,6,8-9,11-13,25-26H,1-2,5,7,10H2/t13-,22+/m0/s1. The average Bonchev–Trinajstić information content (AvgIpc) is 3.66. The molecule has 2 aliphatic carbocycles. The van der Waals surface area contributed by atoms with E-state index in [1.807, 2.05) is 6.07 Å². The normalized spacial score (nSPS) is 24.5. The van der Waals surface area contributed by atoms with Crippen LogP contribution < -0.4 is 4.90 Å². The van der Waals surface area contributed by atoms with Gasteiger partial charge in [-0.25, -0.2) is 18.3 Å². The van der Waals surface area contributed by atoms with Gasteiger partial charge < -0.3 is 4.90 Å². The molecule has 2 saturated carbocycles. The molecule has 6 nitrogen and oxygen atoms in total. The smallest absolute Gasteiger partial charge is 0.167 e. The van der Waals surface area contributed by atoms with Crippen LogP contribution in [-0.4, -0.2) is 31.2 Å². The fraction of sp³-hybridized carbons (Fsp3) is 0.364. The van der Waals surface area contributed by atoms with E-state index in [9.17, 15) is 8.78 Å². The predicted octanol–water partition coefficient (Wildman–Crippen LogP) is 4.58. The molecule has 0 radical (unpaired) electrons. The van der Waals surface area contributed by atoms with E-state index < -0.39 is 17.2 Å². The molecule has 0 unspecified atom stereocenters. The molecule has 9 heteroatoms. The fourth-order valence-electron chi connectivity index (χ4n) is 4.86. The number of piperidine rings is 1. The van der Waals surface area contributed by atoms with Crippen molar-refractivity contribution in [1.29, 1.82) is 10.8 Å². The van der Waals surface area contributed by atoms with Gasteiger partial charge in [0.2, 0.25) is 0 Å². The fourth-order valence-corrected chi connectivity index (χ4v) is 5.74. The number of nitrogens with one attached hydrogen (secondary N) is 2. The molecule has 0 bridgehead atoms. The summed E-state index contributed by atoms with van der Waals surface area (Å²) in [6.07, 6.45) is 7.11. The maximum absolute atomic E-state index is 14.7. The Hall–Kier alpha value is -2.81. The van der Waals surface area contributed by atoms with Gasteiger partial charge >= 0.3 is 0 Å². The third kappa shape index (κ3) is 2.90. The molecule has 6 rings (SSSR count). The number of rotatable bonds is 4. The molecule has 31 heavy (non-hydrogen) atoms. The number of hydrogen-bond acceptors (Lipinski definition) is 6. The highest BCUT2D eigenvalue weighted by atomic mass is 32.2. The summed E-state index contributed by atoms with van der Waals surface area (Å²) in [5.41, 5.74) is 0.951. The van der Waals surface area contributed by atoms with Gasteiger partial charge in [-0.05, 0) is 55.9 Å². The molecular formula is C22H20F2N6S. The lowest BCUT2D eigenvalue weighted by atomic mass is 10.0. The zero-order valence-corrected chi connectivity index (χ0v) is 17.4. The largest absolute Gasteiger partial charge is 0.346 e. The zero-order chi connectivity index (χ0) is 21.3. The van der Waals surface area contributed by atoms with Crippen molar-refractivity contribution in [2.45, 2.75) is 31.2 Å². The lowest BCUT2D eigenvalue weighted by molar-refractivity contribution is 0.544. The minimum atomic E-state index is -0.561. The Labute approximate surface area is 181 Å². The molecule has 3 aliphatic rings. The Balaban J connectivity index is 1.37. The van der Waals surface area contributed by atoms with E-state index in [1.54, 1.807) is 16.9 Å². The van der Waals surface area contributed by atoms with Gasteiger partial charge in [0.15, 0.2) is 5.65 Å². The summed E-state index contributed by atoms with van der Waals surface area (Å²) < 4.78 is 30.2. The first-order valence-electron chi connectivity index (χ1n) is 10.4. The van der Waals surface area contributed by atoms with Crippen molar-refractivity contribution < 1.29 is 8.78 Å². The summed E-state index contributed by atoms with van der Waals surface area (Å²) >= 11 is 1.16. The molecule has 1 aromatic carbocycles. The third-order valence-electron chi connectivity index (χ3n) is 6.69. The SMILES string of the molecule is N=C(SC(=N)C1CC1)c1cnn2ccc(N3CC[C@H]4C[C@]43c3cc(F)ccc3F)nc12. The van der Waals surface area contributed by atoms with Crippen LogP contribution in [0.15, 0.2) is 36.7 Å². The van der Waals surface area contributed by atoms with Gasteiger partial charge in [0.05, 0.1) is 22.3 Å². The molecule has 3 aromatic rings. The van der Waals surface area contributed by atoms with E-state index in [1.165, 1.54) is 12.1 Å². The van der Waals surface area contributed by atoms with E-state index in [4.69, 9.17) is 15.8 Å². The van der Waals surface area contributed by atoms with E-state index in [0.29, 0.717) is 34.2 Å². The maximum Gasteiger partial charge on any atom is 0.167 e. The molecule has 2 aromatic heterocycles. The minimum Gasteiger partial charge on any atom is -0.346 e. The van der Waals surface area contributed by atoms with Gasteiger partial charge in [0, 0.05) is 24.2 Å². The number of aromatic nitrogens is 3. The number of thioether (sulfide) groups is 1. The Kier molecular flexibility index (Phi) is 4.02. The summed E-state index contributed by atoms with van der Waals surface area (Å²) in [6, 6.07) is 5.50. The number of hydrogen-bond donors (Lipinski definition) is 2. The van der Waals surface area contributed by atoms with E-state index in [-0.39, 0.29) is 16.9 Å². The molecule has 3 fully saturated rings. The first kappa shape index (κ1) is 18.9. The number of halogens is 2. The van der Waals surface area contributed by atoms with Crippen molar-refractivity contribution in [3.05, 3.63) is 59.4 Å². The Morgan fingerprint density at radius 1 is 1.16 bits per heavy atom. The van der Waals surface area contributed by atoms with Crippen LogP contribution in [0, 0.1) is 34.3 Å². The second-order valence-electron chi connectivity index (χ2n) is 8.57. The summed E-state index contributed by atoms with van der Waals surface area (Å²) in [5, 5.41) is 21.7. The van der Waals surface area contributed by atoms with Crippen molar-refractivity contribution in [1.82, 2.24) is 14.6 Å². The van der Waals surface area contributed by atoms with Gasteiger partial charge in [-0.3, -0.25) is 10.8 Å². The Morgan fingerprint density at radius 2 is 2.00 bits per heavy atom. The lowest BCUT2D eigenvalue weighted by Gasteiger charge is -2.30. The van der Waals surface area contributed by atoms with Gasteiger partial charge in [0.1, 0.15) is 22.5 Å². The van der Waals surface area contributed by atoms with Crippen molar-refractivity contribution in [2.75, 3.05) is 11.4 Å². The quantitative estimate of drug-likeness (QED) is 0.462. The molecule has 2 N–H and O–H groups in total. The van der Waals surface area contributed by atoms with Crippen molar-refractivity contribution in [3.8, 4) is 0 Å². The minimum absolute atomic E-state index is 0.258. The summed E-state index contributed by atoms with van der Waals surface area (Å²) in [4.78, 5) is 6.87. The van der Waals surface area contributed by atoms with Crippen LogP contribution in [0.3, 0.4) is 0 Å². The number of nitrogens with zero attached hydrogens (tertiary/aromatic N) is 4.